The van der Waals surface area contributed by atoms with E-state index in [1.165, 1.54) is 6.07 Å². The first-order chi connectivity index (χ1) is 16.9. The lowest BCUT2D eigenvalue weighted by Gasteiger charge is -2.18. The van der Waals surface area contributed by atoms with Gasteiger partial charge >= 0.3 is 0 Å². The molecule has 2 aromatic carbocycles. The van der Waals surface area contributed by atoms with Crippen LogP contribution in [0.4, 0.5) is 10.1 Å². The van der Waals surface area contributed by atoms with Crippen molar-refractivity contribution in [3.8, 4) is 28.4 Å². The van der Waals surface area contributed by atoms with E-state index in [2.05, 4.69) is 30.9 Å². The van der Waals surface area contributed by atoms with E-state index < -0.39 is 11.2 Å². The van der Waals surface area contributed by atoms with Crippen LogP contribution in [0.15, 0.2) is 48.7 Å². The van der Waals surface area contributed by atoms with Gasteiger partial charge in [0, 0.05) is 40.2 Å². The van der Waals surface area contributed by atoms with E-state index in [9.17, 15) is 9.18 Å². The van der Waals surface area contributed by atoms with Gasteiger partial charge in [0.1, 0.15) is 5.82 Å². The molecule has 0 radical (unpaired) electrons. The van der Waals surface area contributed by atoms with Crippen LogP contribution in [0.3, 0.4) is 0 Å². The van der Waals surface area contributed by atoms with Crippen LogP contribution in [0.1, 0.15) is 25.3 Å². The Bertz CT molecular complexity index is 1390. The lowest BCUT2D eigenvalue weighted by molar-refractivity contribution is -0.118. The summed E-state index contributed by atoms with van der Waals surface area (Å²) in [5.74, 6) is -0.0745. The normalized spacial score (nSPS) is 13.9. The molecule has 2 N–H and O–H groups in total. The SMILES string of the molecule is CCOc1ccc(-c2c(Cl)cc(NC(=O)C3(c4cccc(Cl)c4F)CC3)cc2-c2nnn[nH]2)cn1. The number of carbonyl (C=O) groups is 1. The predicted molar refractivity (Wildman–Crippen MR) is 130 cm³/mol. The van der Waals surface area contributed by atoms with Crippen LogP contribution in [0.25, 0.3) is 22.5 Å². The predicted octanol–water partition coefficient (Wildman–Crippen LogP) is 5.44. The highest BCUT2D eigenvalue weighted by Gasteiger charge is 2.53. The molecule has 1 aliphatic carbocycles. The molecule has 1 saturated carbocycles. The summed E-state index contributed by atoms with van der Waals surface area (Å²) in [6.45, 7) is 2.37. The minimum atomic E-state index is -0.979. The molecule has 11 heteroatoms. The molecule has 0 aliphatic heterocycles. The van der Waals surface area contributed by atoms with Gasteiger partial charge in [-0.1, -0.05) is 35.3 Å². The molecular weight excluding hydrogens is 494 g/mol. The Hall–Kier alpha value is -3.56. The van der Waals surface area contributed by atoms with Gasteiger partial charge in [0.2, 0.25) is 11.8 Å². The van der Waals surface area contributed by atoms with Gasteiger partial charge in [-0.15, -0.1) is 5.10 Å². The number of aromatic amines is 1. The van der Waals surface area contributed by atoms with E-state index >= 15 is 0 Å². The number of H-pyrrole nitrogens is 1. The molecule has 0 atom stereocenters. The number of ether oxygens (including phenoxy) is 1. The standard InChI is InChI=1S/C24H19Cl2FN6O2/c1-2-35-19-7-6-13(12-28-19)20-15(22-30-32-33-31-22)10-14(11-18(20)26)29-23(34)24(8-9-24)16-4-3-5-17(25)21(16)27/h3-7,10-12H,2,8-9H2,1H3,(H,29,34)(H,30,31,32,33). The van der Waals surface area contributed by atoms with Gasteiger partial charge in [-0.2, -0.15) is 0 Å². The third-order valence-electron chi connectivity index (χ3n) is 5.92. The van der Waals surface area contributed by atoms with Crippen LogP contribution >= 0.6 is 23.2 Å². The summed E-state index contributed by atoms with van der Waals surface area (Å²) < 4.78 is 20.1. The smallest absolute Gasteiger partial charge is 0.235 e. The van der Waals surface area contributed by atoms with E-state index in [0.29, 0.717) is 58.6 Å². The highest BCUT2D eigenvalue weighted by Crippen LogP contribution is 2.51. The number of benzene rings is 2. The monoisotopic (exact) mass is 512 g/mol. The second-order valence-corrected chi connectivity index (χ2v) is 8.90. The molecule has 0 spiro atoms. The number of hydrogen-bond donors (Lipinski definition) is 2. The van der Waals surface area contributed by atoms with Crippen LogP contribution in [0.5, 0.6) is 5.88 Å². The number of nitrogens with zero attached hydrogens (tertiary/aromatic N) is 4. The van der Waals surface area contributed by atoms with Crippen molar-refractivity contribution < 1.29 is 13.9 Å². The molecule has 4 aromatic rings. The summed E-state index contributed by atoms with van der Waals surface area (Å²) in [7, 11) is 0. The zero-order valence-electron chi connectivity index (χ0n) is 18.5. The number of pyridine rings is 1. The van der Waals surface area contributed by atoms with Crippen molar-refractivity contribution in [1.29, 1.82) is 0 Å². The summed E-state index contributed by atoms with van der Waals surface area (Å²) in [6, 6.07) is 11.6. The molecule has 1 fully saturated rings. The molecule has 1 aliphatic rings. The van der Waals surface area contributed by atoms with Crippen molar-refractivity contribution in [2.75, 3.05) is 11.9 Å². The molecule has 35 heavy (non-hydrogen) atoms. The van der Waals surface area contributed by atoms with Crippen LogP contribution in [0.2, 0.25) is 10.0 Å². The van der Waals surface area contributed by atoms with E-state index in [-0.39, 0.29) is 16.5 Å². The highest BCUT2D eigenvalue weighted by atomic mass is 35.5. The van der Waals surface area contributed by atoms with Gasteiger partial charge in [0.15, 0.2) is 5.82 Å². The van der Waals surface area contributed by atoms with E-state index in [4.69, 9.17) is 27.9 Å². The Morgan fingerprint density at radius 2 is 2.03 bits per heavy atom. The minimum Gasteiger partial charge on any atom is -0.478 e. The maximum Gasteiger partial charge on any atom is 0.235 e. The lowest BCUT2D eigenvalue weighted by Crippen LogP contribution is -2.28. The quantitative estimate of drug-likeness (QED) is 0.341. The zero-order chi connectivity index (χ0) is 24.6. The fraction of sp³-hybridized carbons (Fsp3) is 0.208. The summed E-state index contributed by atoms with van der Waals surface area (Å²) in [4.78, 5) is 17.6. The number of rotatable bonds is 7. The Morgan fingerprint density at radius 1 is 1.20 bits per heavy atom. The molecule has 0 saturated heterocycles. The Morgan fingerprint density at radius 3 is 2.69 bits per heavy atom. The second kappa shape index (κ2) is 9.24. The maximum absolute atomic E-state index is 14.7. The van der Waals surface area contributed by atoms with E-state index in [0.717, 1.165) is 0 Å². The Labute approximate surface area is 209 Å². The number of anilines is 1. The summed E-state index contributed by atoms with van der Waals surface area (Å²) in [5.41, 5.74) is 1.62. The number of hydrogen-bond acceptors (Lipinski definition) is 6. The number of halogens is 3. The fourth-order valence-electron chi connectivity index (χ4n) is 4.06. The highest BCUT2D eigenvalue weighted by molar-refractivity contribution is 6.34. The molecule has 178 valence electrons. The molecular formula is C24H19Cl2FN6O2. The summed E-state index contributed by atoms with van der Waals surface area (Å²) in [6.07, 6.45) is 2.66. The average molecular weight is 513 g/mol. The maximum atomic E-state index is 14.7. The number of amides is 1. The first-order valence-electron chi connectivity index (χ1n) is 10.9. The van der Waals surface area contributed by atoms with Gasteiger partial charge in [-0.05, 0) is 54.5 Å². The van der Waals surface area contributed by atoms with Gasteiger partial charge < -0.3 is 10.1 Å². The van der Waals surface area contributed by atoms with Crippen molar-refractivity contribution in [3.05, 3.63) is 70.1 Å². The van der Waals surface area contributed by atoms with E-state index in [1.807, 2.05) is 13.0 Å². The zero-order valence-corrected chi connectivity index (χ0v) is 20.0. The molecule has 2 heterocycles. The van der Waals surface area contributed by atoms with Crippen molar-refractivity contribution >= 4 is 34.8 Å². The van der Waals surface area contributed by atoms with Gasteiger partial charge in [0.05, 0.1) is 22.1 Å². The molecule has 8 nitrogen and oxygen atoms in total. The van der Waals surface area contributed by atoms with Crippen LogP contribution in [-0.4, -0.2) is 38.1 Å². The summed E-state index contributed by atoms with van der Waals surface area (Å²) in [5, 5.41) is 17.3. The average Bonchev–Trinajstić information content (AvgIpc) is 3.47. The van der Waals surface area contributed by atoms with E-state index in [1.54, 1.807) is 36.5 Å². The van der Waals surface area contributed by atoms with Gasteiger partial charge in [-0.25, -0.2) is 14.5 Å². The summed E-state index contributed by atoms with van der Waals surface area (Å²) >= 11 is 12.6. The first-order valence-corrected chi connectivity index (χ1v) is 11.6. The van der Waals surface area contributed by atoms with Gasteiger partial charge in [-0.3, -0.25) is 4.79 Å². The van der Waals surface area contributed by atoms with Gasteiger partial charge in [0.25, 0.3) is 0 Å². The second-order valence-electron chi connectivity index (χ2n) is 8.09. The Balaban J connectivity index is 1.51. The third-order valence-corrected chi connectivity index (χ3v) is 6.51. The number of tetrazole rings is 1. The van der Waals surface area contributed by atoms with Crippen LogP contribution in [-0.2, 0) is 10.2 Å². The topological polar surface area (TPSA) is 106 Å². The van der Waals surface area contributed by atoms with Crippen LogP contribution in [0, 0.1) is 5.82 Å². The van der Waals surface area contributed by atoms with Crippen molar-refractivity contribution in [3.63, 3.8) is 0 Å². The largest absolute Gasteiger partial charge is 0.478 e. The molecule has 0 bridgehead atoms. The first kappa shape index (κ1) is 23.2. The molecule has 5 rings (SSSR count). The minimum absolute atomic E-state index is 0.0157. The van der Waals surface area contributed by atoms with Crippen molar-refractivity contribution in [2.24, 2.45) is 0 Å². The molecule has 1 amide bonds. The fourth-order valence-corrected chi connectivity index (χ4v) is 4.56. The van der Waals surface area contributed by atoms with Crippen molar-refractivity contribution in [1.82, 2.24) is 25.6 Å². The third kappa shape index (κ3) is 4.33. The number of carbonyl (C=O) groups excluding carboxylic acids is 1. The molecule has 0 unspecified atom stereocenters. The number of nitrogens with one attached hydrogen (secondary N) is 2. The Kier molecular flexibility index (Phi) is 6.12. The lowest BCUT2D eigenvalue weighted by atomic mass is 9.94. The number of aromatic nitrogens is 5. The molecule has 2 aromatic heterocycles. The van der Waals surface area contributed by atoms with Crippen molar-refractivity contribution in [2.45, 2.75) is 25.2 Å². The van der Waals surface area contributed by atoms with Crippen LogP contribution < -0.4 is 10.1 Å².